The number of amides is 1. The summed E-state index contributed by atoms with van der Waals surface area (Å²) in [4.78, 5) is 19.4. The number of halogens is 1. The number of ether oxygens (including phenoxy) is 1. The molecular formula is C29H25FN4O2S. The van der Waals surface area contributed by atoms with Crippen LogP contribution in [0.15, 0.2) is 83.8 Å². The maximum absolute atomic E-state index is 13.5. The number of methoxy groups -OCH3 is 1. The van der Waals surface area contributed by atoms with Gasteiger partial charge in [-0.3, -0.25) is 4.79 Å². The zero-order valence-electron chi connectivity index (χ0n) is 20.3. The van der Waals surface area contributed by atoms with Crippen LogP contribution in [0.3, 0.4) is 0 Å². The lowest BCUT2D eigenvalue weighted by Crippen LogP contribution is -2.36. The van der Waals surface area contributed by atoms with Gasteiger partial charge in [-0.25, -0.2) is 14.1 Å². The Balaban J connectivity index is 1.45. The van der Waals surface area contributed by atoms with Gasteiger partial charge in [0.2, 0.25) is 0 Å². The van der Waals surface area contributed by atoms with E-state index in [-0.39, 0.29) is 17.1 Å². The second kappa shape index (κ2) is 9.44. The molecule has 8 heteroatoms. The van der Waals surface area contributed by atoms with Crippen LogP contribution in [-0.4, -0.2) is 45.8 Å². The van der Waals surface area contributed by atoms with E-state index in [1.54, 1.807) is 34.8 Å². The zero-order valence-corrected chi connectivity index (χ0v) is 21.1. The molecule has 3 aromatic carbocycles. The highest BCUT2D eigenvalue weighted by Gasteiger charge is 2.44. The lowest BCUT2D eigenvalue weighted by molar-refractivity contribution is 0.0778. The molecule has 37 heavy (non-hydrogen) atoms. The first-order valence-electron chi connectivity index (χ1n) is 12.1. The maximum atomic E-state index is 13.5. The van der Waals surface area contributed by atoms with Crippen molar-refractivity contribution in [2.75, 3.05) is 20.2 Å². The lowest BCUT2D eigenvalue weighted by atomic mass is 9.74. The van der Waals surface area contributed by atoms with E-state index in [1.165, 1.54) is 29.0 Å². The van der Waals surface area contributed by atoms with Crippen LogP contribution in [-0.2, 0) is 11.8 Å². The van der Waals surface area contributed by atoms with Crippen molar-refractivity contribution in [3.63, 3.8) is 0 Å². The minimum atomic E-state index is -0.343. The Morgan fingerprint density at radius 3 is 2.68 bits per heavy atom. The predicted octanol–water partition coefficient (Wildman–Crippen LogP) is 5.66. The third-order valence-corrected chi connectivity index (χ3v) is 7.80. The van der Waals surface area contributed by atoms with E-state index >= 15 is 0 Å². The number of nitrogens with zero attached hydrogens (tertiary/aromatic N) is 4. The van der Waals surface area contributed by atoms with Gasteiger partial charge in [-0.1, -0.05) is 30.3 Å². The Hall–Kier alpha value is -4.04. The summed E-state index contributed by atoms with van der Waals surface area (Å²) in [6.45, 7) is 1.20. The molecule has 1 unspecified atom stereocenters. The van der Waals surface area contributed by atoms with E-state index in [1.807, 2.05) is 35.4 Å². The summed E-state index contributed by atoms with van der Waals surface area (Å²) < 4.78 is 21.3. The minimum Gasteiger partial charge on any atom is -0.496 e. The summed E-state index contributed by atoms with van der Waals surface area (Å²) in [5, 5.41) is 7.35. The normalized spacial score (nSPS) is 17.4. The number of carbonyl (C=O) groups excluding carboxylic acids is 1. The van der Waals surface area contributed by atoms with E-state index in [0.29, 0.717) is 18.8 Å². The number of rotatable bonds is 6. The van der Waals surface area contributed by atoms with E-state index in [4.69, 9.17) is 4.74 Å². The molecule has 0 saturated carbocycles. The highest BCUT2D eigenvalue weighted by atomic mass is 32.1. The Morgan fingerprint density at radius 1 is 1.14 bits per heavy atom. The summed E-state index contributed by atoms with van der Waals surface area (Å²) in [6, 6.07) is 20.8. The standard InChI is InChI=1S/C29H25FN4O2S/c1-36-27-14-26-21(16-32-34(26)23-9-7-22(30)8-10-23)13-24(27)29(15-20-5-3-2-4-6-20)11-12-33(18-29)28(35)25-17-37-19-31-25/h2-10,13-14,16-17,19H,11-12,15,18H2,1H3. The summed E-state index contributed by atoms with van der Waals surface area (Å²) in [5.41, 5.74) is 5.74. The van der Waals surface area contributed by atoms with Gasteiger partial charge in [-0.15, -0.1) is 11.3 Å². The molecule has 0 radical (unpaired) electrons. The van der Waals surface area contributed by atoms with Crippen LogP contribution in [0.4, 0.5) is 4.39 Å². The molecule has 0 N–H and O–H groups in total. The van der Waals surface area contributed by atoms with Crippen molar-refractivity contribution in [3.8, 4) is 11.4 Å². The van der Waals surface area contributed by atoms with Crippen LogP contribution in [0.25, 0.3) is 16.6 Å². The topological polar surface area (TPSA) is 60.2 Å². The molecular weight excluding hydrogens is 487 g/mol. The molecule has 6 nitrogen and oxygen atoms in total. The summed E-state index contributed by atoms with van der Waals surface area (Å²) in [6.07, 6.45) is 3.39. The van der Waals surface area contributed by atoms with Gasteiger partial charge < -0.3 is 9.64 Å². The number of hydrogen-bond donors (Lipinski definition) is 0. The molecule has 3 heterocycles. The third kappa shape index (κ3) is 4.27. The fourth-order valence-corrected chi connectivity index (χ4v) is 5.92. The fraction of sp³-hybridized carbons (Fsp3) is 0.207. The lowest BCUT2D eigenvalue weighted by Gasteiger charge is -2.32. The molecule has 186 valence electrons. The molecule has 1 aliphatic rings. The van der Waals surface area contributed by atoms with Gasteiger partial charge in [0.25, 0.3) is 5.91 Å². The smallest absolute Gasteiger partial charge is 0.273 e. The van der Waals surface area contributed by atoms with Crippen molar-refractivity contribution in [1.82, 2.24) is 19.7 Å². The first-order chi connectivity index (χ1) is 18.1. The molecule has 0 bridgehead atoms. The Kier molecular flexibility index (Phi) is 5.96. The molecule has 5 aromatic rings. The number of benzene rings is 3. The van der Waals surface area contributed by atoms with Crippen molar-refractivity contribution >= 4 is 28.1 Å². The first kappa shape index (κ1) is 23.4. The number of fused-ring (bicyclic) bond motifs is 1. The van der Waals surface area contributed by atoms with E-state index < -0.39 is 0 Å². The summed E-state index contributed by atoms with van der Waals surface area (Å²) >= 11 is 1.43. The average molecular weight is 513 g/mol. The monoisotopic (exact) mass is 512 g/mol. The summed E-state index contributed by atoms with van der Waals surface area (Å²) in [7, 11) is 1.67. The van der Waals surface area contributed by atoms with Crippen molar-refractivity contribution in [2.24, 2.45) is 0 Å². The zero-order chi connectivity index (χ0) is 25.4. The number of carbonyl (C=O) groups is 1. The quantitative estimate of drug-likeness (QED) is 0.295. The Bertz CT molecular complexity index is 1550. The minimum absolute atomic E-state index is 0.0413. The van der Waals surface area contributed by atoms with Gasteiger partial charge in [0.05, 0.1) is 30.0 Å². The second-order valence-electron chi connectivity index (χ2n) is 9.44. The van der Waals surface area contributed by atoms with Crippen LogP contribution in [0, 0.1) is 5.82 Å². The molecule has 0 spiro atoms. The number of thiazole rings is 1. The second-order valence-corrected chi connectivity index (χ2v) is 10.2. The molecule has 2 aromatic heterocycles. The van der Waals surface area contributed by atoms with Crippen LogP contribution in [0.5, 0.6) is 5.75 Å². The van der Waals surface area contributed by atoms with Gasteiger partial charge in [-0.05, 0) is 48.7 Å². The van der Waals surface area contributed by atoms with Crippen molar-refractivity contribution < 1.29 is 13.9 Å². The number of likely N-dealkylation sites (tertiary alicyclic amines) is 1. The van der Waals surface area contributed by atoms with Gasteiger partial charge in [0.1, 0.15) is 17.3 Å². The highest BCUT2D eigenvalue weighted by Crippen LogP contribution is 2.44. The van der Waals surface area contributed by atoms with Gasteiger partial charge in [-0.2, -0.15) is 5.10 Å². The fourth-order valence-electron chi connectivity index (χ4n) is 5.40. The van der Waals surface area contributed by atoms with Crippen molar-refractivity contribution in [3.05, 3.63) is 106 Å². The Morgan fingerprint density at radius 2 is 1.95 bits per heavy atom. The van der Waals surface area contributed by atoms with E-state index in [9.17, 15) is 9.18 Å². The summed E-state index contributed by atoms with van der Waals surface area (Å²) in [5.74, 6) is 0.413. The highest BCUT2D eigenvalue weighted by molar-refractivity contribution is 7.07. The molecule has 1 aliphatic heterocycles. The van der Waals surface area contributed by atoms with Crippen LogP contribution in [0.2, 0.25) is 0 Å². The Labute approximate surface area is 218 Å². The third-order valence-electron chi connectivity index (χ3n) is 7.21. The molecule has 1 atom stereocenters. The molecule has 6 rings (SSSR count). The molecule has 1 fully saturated rings. The van der Waals surface area contributed by atoms with E-state index in [2.05, 4.69) is 28.3 Å². The van der Waals surface area contributed by atoms with Gasteiger partial charge in [0, 0.05) is 40.9 Å². The van der Waals surface area contributed by atoms with Crippen LogP contribution >= 0.6 is 11.3 Å². The molecule has 0 aliphatic carbocycles. The first-order valence-corrected chi connectivity index (χ1v) is 13.0. The van der Waals surface area contributed by atoms with Gasteiger partial charge >= 0.3 is 0 Å². The number of aromatic nitrogens is 3. The van der Waals surface area contributed by atoms with Gasteiger partial charge in [0.15, 0.2) is 0 Å². The SMILES string of the molecule is COc1cc2c(cnn2-c2ccc(F)cc2)cc1C1(Cc2ccccc2)CCN(C(=O)c2cscn2)C1. The largest absolute Gasteiger partial charge is 0.496 e. The van der Waals surface area contributed by atoms with Crippen molar-refractivity contribution in [2.45, 2.75) is 18.3 Å². The average Bonchev–Trinajstić information content (AvgIpc) is 3.69. The van der Waals surface area contributed by atoms with Crippen LogP contribution in [0.1, 0.15) is 28.0 Å². The molecule has 1 saturated heterocycles. The predicted molar refractivity (Wildman–Crippen MR) is 142 cm³/mol. The van der Waals surface area contributed by atoms with E-state index in [0.717, 1.165) is 40.7 Å². The molecule has 1 amide bonds. The number of hydrogen-bond acceptors (Lipinski definition) is 5. The maximum Gasteiger partial charge on any atom is 0.273 e. The van der Waals surface area contributed by atoms with Crippen molar-refractivity contribution in [1.29, 1.82) is 0 Å². The van der Waals surface area contributed by atoms with Crippen LogP contribution < -0.4 is 4.74 Å².